The molecular formula is C25H25ClN2O2. The fraction of sp³-hybridized carbons (Fsp3) is 0.320. The van der Waals surface area contributed by atoms with Crippen molar-refractivity contribution in [3.63, 3.8) is 0 Å². The van der Waals surface area contributed by atoms with Crippen LogP contribution in [-0.2, 0) is 0 Å². The Hall–Kier alpha value is -2.56. The molecule has 2 heterocycles. The number of fused-ring (bicyclic) bond motifs is 2. The summed E-state index contributed by atoms with van der Waals surface area (Å²) in [6, 6.07) is 18.2. The Morgan fingerprint density at radius 2 is 2.03 bits per heavy atom. The first-order valence-electron chi connectivity index (χ1n) is 10.6. The molecule has 3 aromatic carbocycles. The lowest BCUT2D eigenvalue weighted by molar-refractivity contribution is 0.0737. The fourth-order valence-electron chi connectivity index (χ4n) is 4.91. The average molecular weight is 421 g/mol. The van der Waals surface area contributed by atoms with Crippen LogP contribution in [0.2, 0.25) is 5.02 Å². The van der Waals surface area contributed by atoms with E-state index in [1.165, 1.54) is 0 Å². The van der Waals surface area contributed by atoms with E-state index >= 15 is 0 Å². The number of hydrogen-bond acceptors (Lipinski definition) is 3. The number of nitrogens with one attached hydrogen (secondary N) is 1. The van der Waals surface area contributed by atoms with E-state index in [4.69, 9.17) is 16.3 Å². The molecule has 5 heteroatoms. The SMILES string of the molecule is CCOc1ccc(Cl)cc1-c1cccc2cc(C(=O)N3CC[C@H]4CNC[C@H]43)ccc12. The van der Waals surface area contributed by atoms with Gasteiger partial charge in [0.15, 0.2) is 0 Å². The lowest BCUT2D eigenvalue weighted by Gasteiger charge is -2.23. The van der Waals surface area contributed by atoms with Gasteiger partial charge in [-0.15, -0.1) is 0 Å². The third-order valence-electron chi connectivity index (χ3n) is 6.37. The zero-order chi connectivity index (χ0) is 20.7. The van der Waals surface area contributed by atoms with Crippen LogP contribution in [0, 0.1) is 5.92 Å². The number of ether oxygens (including phenoxy) is 1. The van der Waals surface area contributed by atoms with Crippen LogP contribution in [0.5, 0.6) is 5.75 Å². The number of halogens is 1. The van der Waals surface area contributed by atoms with Crippen molar-refractivity contribution in [2.45, 2.75) is 19.4 Å². The van der Waals surface area contributed by atoms with Gasteiger partial charge in [0.25, 0.3) is 5.91 Å². The Morgan fingerprint density at radius 1 is 1.13 bits per heavy atom. The topological polar surface area (TPSA) is 41.6 Å². The molecule has 3 aromatic rings. The normalized spacial score (nSPS) is 20.5. The van der Waals surface area contributed by atoms with Crippen molar-refractivity contribution in [1.82, 2.24) is 10.2 Å². The van der Waals surface area contributed by atoms with Crippen molar-refractivity contribution in [2.75, 3.05) is 26.2 Å². The maximum absolute atomic E-state index is 13.2. The summed E-state index contributed by atoms with van der Waals surface area (Å²) in [6.45, 7) is 5.35. The quantitative estimate of drug-likeness (QED) is 0.646. The van der Waals surface area contributed by atoms with E-state index < -0.39 is 0 Å². The fourth-order valence-corrected chi connectivity index (χ4v) is 5.08. The number of carbonyl (C=O) groups is 1. The van der Waals surface area contributed by atoms with Gasteiger partial charge in [0.1, 0.15) is 5.75 Å². The van der Waals surface area contributed by atoms with Gasteiger partial charge in [-0.3, -0.25) is 4.79 Å². The largest absolute Gasteiger partial charge is 0.493 e. The molecule has 2 aliphatic heterocycles. The summed E-state index contributed by atoms with van der Waals surface area (Å²) in [5, 5.41) is 6.22. The Kier molecular flexibility index (Phi) is 5.13. The molecule has 4 nitrogen and oxygen atoms in total. The van der Waals surface area contributed by atoms with Gasteiger partial charge >= 0.3 is 0 Å². The Labute approximate surface area is 181 Å². The first-order chi connectivity index (χ1) is 14.7. The number of nitrogens with zero attached hydrogens (tertiary/aromatic N) is 1. The third kappa shape index (κ3) is 3.34. The Balaban J connectivity index is 1.53. The van der Waals surface area contributed by atoms with Crippen molar-refractivity contribution >= 4 is 28.3 Å². The minimum atomic E-state index is 0.135. The van der Waals surface area contributed by atoms with E-state index in [1.807, 2.05) is 43.3 Å². The highest BCUT2D eigenvalue weighted by Crippen LogP contribution is 2.37. The molecule has 2 atom stereocenters. The summed E-state index contributed by atoms with van der Waals surface area (Å²) < 4.78 is 5.84. The molecule has 2 fully saturated rings. The molecule has 30 heavy (non-hydrogen) atoms. The second kappa shape index (κ2) is 7.93. The van der Waals surface area contributed by atoms with Crippen molar-refractivity contribution in [2.24, 2.45) is 5.92 Å². The van der Waals surface area contributed by atoms with E-state index in [9.17, 15) is 4.79 Å². The molecule has 1 N–H and O–H groups in total. The van der Waals surface area contributed by atoms with E-state index in [0.29, 0.717) is 23.6 Å². The van der Waals surface area contributed by atoms with Crippen LogP contribution in [-0.4, -0.2) is 43.1 Å². The number of likely N-dealkylation sites (tertiary alicyclic amines) is 1. The maximum atomic E-state index is 13.2. The molecule has 0 saturated carbocycles. The van der Waals surface area contributed by atoms with Crippen molar-refractivity contribution in [3.05, 3.63) is 65.2 Å². The van der Waals surface area contributed by atoms with Gasteiger partial charge in [0.2, 0.25) is 0 Å². The van der Waals surface area contributed by atoms with Gasteiger partial charge in [0, 0.05) is 41.8 Å². The molecular weight excluding hydrogens is 396 g/mol. The molecule has 1 amide bonds. The van der Waals surface area contributed by atoms with Gasteiger partial charge in [-0.2, -0.15) is 0 Å². The number of rotatable bonds is 4. The predicted molar refractivity (Wildman–Crippen MR) is 121 cm³/mol. The van der Waals surface area contributed by atoms with E-state index in [0.717, 1.165) is 59.3 Å². The first-order valence-corrected chi connectivity index (χ1v) is 11.0. The van der Waals surface area contributed by atoms with Crippen LogP contribution in [0.25, 0.3) is 21.9 Å². The second-order valence-electron chi connectivity index (χ2n) is 8.09. The van der Waals surface area contributed by atoms with Crippen molar-refractivity contribution < 1.29 is 9.53 Å². The summed E-state index contributed by atoms with van der Waals surface area (Å²) in [7, 11) is 0. The van der Waals surface area contributed by atoms with Gasteiger partial charge in [0.05, 0.1) is 6.61 Å². The summed E-state index contributed by atoms with van der Waals surface area (Å²) in [5.41, 5.74) is 2.77. The Morgan fingerprint density at radius 3 is 2.90 bits per heavy atom. The number of hydrogen-bond donors (Lipinski definition) is 1. The number of benzene rings is 3. The maximum Gasteiger partial charge on any atom is 0.254 e. The molecule has 2 saturated heterocycles. The minimum Gasteiger partial charge on any atom is -0.493 e. The third-order valence-corrected chi connectivity index (χ3v) is 6.60. The number of carbonyl (C=O) groups excluding carboxylic acids is 1. The second-order valence-corrected chi connectivity index (χ2v) is 8.52. The Bertz CT molecular complexity index is 1110. The molecule has 154 valence electrons. The molecule has 0 bridgehead atoms. The molecule has 0 aliphatic carbocycles. The monoisotopic (exact) mass is 420 g/mol. The molecule has 0 unspecified atom stereocenters. The summed E-state index contributed by atoms with van der Waals surface area (Å²) in [5.74, 6) is 1.54. The van der Waals surface area contributed by atoms with Gasteiger partial charge < -0.3 is 15.0 Å². The number of amides is 1. The standard InChI is InChI=1S/C25H25ClN2O2/c1-2-30-24-9-7-19(26)13-22(24)21-5-3-4-16-12-17(6-8-20(16)21)25(29)28-11-10-18-14-27-15-23(18)28/h3-9,12-13,18,23,27H,2,10-11,14-15H2,1H3/t18-,23+/m0/s1. The zero-order valence-electron chi connectivity index (χ0n) is 17.0. The molecule has 0 radical (unpaired) electrons. The lowest BCUT2D eigenvalue weighted by Crippen LogP contribution is -2.39. The van der Waals surface area contributed by atoms with Gasteiger partial charge in [-0.1, -0.05) is 35.9 Å². The van der Waals surface area contributed by atoms with Crippen molar-refractivity contribution in [1.29, 1.82) is 0 Å². The van der Waals surface area contributed by atoms with Crippen LogP contribution in [0.15, 0.2) is 54.6 Å². The van der Waals surface area contributed by atoms with E-state index in [-0.39, 0.29) is 5.91 Å². The van der Waals surface area contributed by atoms with Crippen LogP contribution in [0.3, 0.4) is 0 Å². The average Bonchev–Trinajstić information content (AvgIpc) is 3.38. The minimum absolute atomic E-state index is 0.135. The highest BCUT2D eigenvalue weighted by atomic mass is 35.5. The molecule has 2 aliphatic rings. The van der Waals surface area contributed by atoms with Crippen LogP contribution in [0.4, 0.5) is 0 Å². The zero-order valence-corrected chi connectivity index (χ0v) is 17.8. The van der Waals surface area contributed by atoms with Crippen LogP contribution in [0.1, 0.15) is 23.7 Å². The van der Waals surface area contributed by atoms with Gasteiger partial charge in [-0.05, 0) is 65.9 Å². The lowest BCUT2D eigenvalue weighted by atomic mass is 9.96. The smallest absolute Gasteiger partial charge is 0.254 e. The highest BCUT2D eigenvalue weighted by molar-refractivity contribution is 6.31. The van der Waals surface area contributed by atoms with E-state index in [1.54, 1.807) is 0 Å². The summed E-state index contributed by atoms with van der Waals surface area (Å²) in [4.78, 5) is 15.3. The van der Waals surface area contributed by atoms with Crippen LogP contribution >= 0.6 is 11.6 Å². The first kappa shape index (κ1) is 19.4. The summed E-state index contributed by atoms with van der Waals surface area (Å²) >= 11 is 6.29. The van der Waals surface area contributed by atoms with Crippen molar-refractivity contribution in [3.8, 4) is 16.9 Å². The summed E-state index contributed by atoms with van der Waals surface area (Å²) in [6.07, 6.45) is 1.09. The molecule has 0 aromatic heterocycles. The molecule has 0 spiro atoms. The van der Waals surface area contributed by atoms with Crippen LogP contribution < -0.4 is 10.1 Å². The van der Waals surface area contributed by atoms with Gasteiger partial charge in [-0.25, -0.2) is 0 Å². The van der Waals surface area contributed by atoms with E-state index in [2.05, 4.69) is 28.4 Å². The highest BCUT2D eigenvalue weighted by Gasteiger charge is 2.40. The molecule has 5 rings (SSSR count). The predicted octanol–water partition coefficient (Wildman–Crippen LogP) is 4.99.